The molecule has 0 aliphatic carbocycles. The molecule has 5 heteroatoms. The Hall–Kier alpha value is -1.98. The monoisotopic (exact) mass is 326 g/mol. The smallest absolute Gasteiger partial charge is 0.138 e. The van der Waals surface area contributed by atoms with Crippen LogP contribution in [0, 0.1) is 12.8 Å². The van der Waals surface area contributed by atoms with Crippen LogP contribution in [0.1, 0.15) is 23.4 Å². The van der Waals surface area contributed by atoms with E-state index in [0.717, 1.165) is 44.1 Å². The minimum absolute atomic E-state index is 0.303. The average Bonchev–Trinajstić information content (AvgIpc) is 2.99. The van der Waals surface area contributed by atoms with Gasteiger partial charge < -0.3 is 10.0 Å². The van der Waals surface area contributed by atoms with Crippen molar-refractivity contribution in [1.82, 2.24) is 19.8 Å². The number of likely N-dealkylation sites (tertiary alicyclic amines) is 1. The van der Waals surface area contributed by atoms with Gasteiger partial charge in [-0.2, -0.15) is 0 Å². The maximum Gasteiger partial charge on any atom is 0.138 e. The average molecular weight is 326 g/mol. The highest BCUT2D eigenvalue weighted by atomic mass is 16.3. The van der Waals surface area contributed by atoms with Crippen LogP contribution in [0.25, 0.3) is 0 Å². The quantitative estimate of drug-likeness (QED) is 0.884. The summed E-state index contributed by atoms with van der Waals surface area (Å²) in [4.78, 5) is 13.4. The first-order valence-electron chi connectivity index (χ1n) is 8.55. The van der Waals surface area contributed by atoms with Crippen LogP contribution in [0.15, 0.2) is 36.7 Å². The fraction of sp³-hybridized carbons (Fsp3) is 0.474. The predicted octanol–water partition coefficient (Wildman–Crippen LogP) is 2.44. The molecule has 0 aromatic carbocycles. The normalized spacial score (nSPS) is 18.4. The largest absolute Gasteiger partial charge is 0.506 e. The highest BCUT2D eigenvalue weighted by Crippen LogP contribution is 2.23. The summed E-state index contributed by atoms with van der Waals surface area (Å²) in [5.74, 6) is 0.969. The lowest BCUT2D eigenvalue weighted by molar-refractivity contribution is 0.252. The summed E-state index contributed by atoms with van der Waals surface area (Å²) in [5, 5.41) is 9.97. The van der Waals surface area contributed by atoms with Gasteiger partial charge in [0.1, 0.15) is 5.75 Å². The summed E-state index contributed by atoms with van der Waals surface area (Å²) in [6.45, 7) is 6.84. The number of aryl methyl sites for hydroxylation is 1. The topological polar surface area (TPSA) is 52.5 Å². The van der Waals surface area contributed by atoms with Crippen molar-refractivity contribution in [3.8, 4) is 5.75 Å². The summed E-state index contributed by atoms with van der Waals surface area (Å²) in [7, 11) is 2.17. The SMILES string of the molecule is Cc1ccc(O)c(CN2CC[C@H](CN(C)Cc3cccnc3)C2)n1. The number of rotatable bonds is 6. The van der Waals surface area contributed by atoms with Crippen molar-refractivity contribution in [2.75, 3.05) is 26.7 Å². The van der Waals surface area contributed by atoms with Gasteiger partial charge in [-0.05, 0) is 56.6 Å². The molecule has 1 aliphatic rings. The van der Waals surface area contributed by atoms with Gasteiger partial charge in [0.2, 0.25) is 0 Å². The van der Waals surface area contributed by atoms with Gasteiger partial charge in [-0.1, -0.05) is 6.07 Å². The molecule has 2 aromatic heterocycles. The third-order valence-corrected chi connectivity index (χ3v) is 4.58. The summed E-state index contributed by atoms with van der Waals surface area (Å²) in [5.41, 5.74) is 3.00. The Bertz CT molecular complexity index is 662. The van der Waals surface area contributed by atoms with Crippen LogP contribution in [0.2, 0.25) is 0 Å². The molecule has 0 amide bonds. The van der Waals surface area contributed by atoms with Gasteiger partial charge in [-0.15, -0.1) is 0 Å². The Morgan fingerprint density at radius 1 is 1.33 bits per heavy atom. The number of hydrogen-bond donors (Lipinski definition) is 1. The van der Waals surface area contributed by atoms with Crippen molar-refractivity contribution in [2.24, 2.45) is 5.92 Å². The Balaban J connectivity index is 1.49. The fourth-order valence-electron chi connectivity index (χ4n) is 3.45. The minimum atomic E-state index is 0.303. The van der Waals surface area contributed by atoms with E-state index in [9.17, 15) is 5.11 Å². The molecule has 5 nitrogen and oxygen atoms in total. The van der Waals surface area contributed by atoms with E-state index in [4.69, 9.17) is 0 Å². The van der Waals surface area contributed by atoms with Crippen molar-refractivity contribution >= 4 is 0 Å². The van der Waals surface area contributed by atoms with Gasteiger partial charge >= 0.3 is 0 Å². The third kappa shape index (κ3) is 4.52. The summed E-state index contributed by atoms with van der Waals surface area (Å²) in [6, 6.07) is 7.70. The first-order valence-corrected chi connectivity index (χ1v) is 8.55. The van der Waals surface area contributed by atoms with Gasteiger partial charge in [0.15, 0.2) is 0 Å². The first-order chi connectivity index (χ1) is 11.6. The van der Waals surface area contributed by atoms with Crippen LogP contribution < -0.4 is 0 Å². The van der Waals surface area contributed by atoms with E-state index >= 15 is 0 Å². The molecule has 1 N–H and O–H groups in total. The maximum atomic E-state index is 9.97. The molecule has 0 unspecified atom stereocenters. The van der Waals surface area contributed by atoms with E-state index in [1.807, 2.05) is 31.5 Å². The van der Waals surface area contributed by atoms with Crippen molar-refractivity contribution in [2.45, 2.75) is 26.4 Å². The Labute approximate surface area is 144 Å². The Morgan fingerprint density at radius 3 is 3.00 bits per heavy atom. The molecular formula is C19H26N4O. The van der Waals surface area contributed by atoms with Crippen molar-refractivity contribution < 1.29 is 5.11 Å². The standard InChI is InChI=1S/C19H26N4O/c1-15-5-6-19(24)18(21-15)14-23-9-7-17(13-23)12-22(2)11-16-4-3-8-20-10-16/h3-6,8,10,17,24H,7,9,11-14H2,1-2H3/t17-/m1/s1. The van der Waals surface area contributed by atoms with Crippen LogP contribution >= 0.6 is 0 Å². The number of pyridine rings is 2. The number of hydrogen-bond acceptors (Lipinski definition) is 5. The summed E-state index contributed by atoms with van der Waals surface area (Å²) < 4.78 is 0. The van der Waals surface area contributed by atoms with Gasteiger partial charge in [-0.25, -0.2) is 0 Å². The number of aromatic hydroxyl groups is 1. The highest BCUT2D eigenvalue weighted by Gasteiger charge is 2.24. The van der Waals surface area contributed by atoms with Crippen LogP contribution in [0.3, 0.4) is 0 Å². The molecule has 128 valence electrons. The molecule has 24 heavy (non-hydrogen) atoms. The first kappa shape index (κ1) is 16.9. The second kappa shape index (κ2) is 7.73. The molecule has 0 spiro atoms. The van der Waals surface area contributed by atoms with Gasteiger partial charge in [0.05, 0.1) is 5.69 Å². The van der Waals surface area contributed by atoms with E-state index in [2.05, 4.69) is 32.9 Å². The molecule has 1 atom stereocenters. The van der Waals surface area contributed by atoms with Gasteiger partial charge in [0, 0.05) is 44.3 Å². The second-order valence-corrected chi connectivity index (χ2v) is 6.87. The lowest BCUT2D eigenvalue weighted by Gasteiger charge is -2.21. The number of aromatic nitrogens is 2. The minimum Gasteiger partial charge on any atom is -0.506 e. The van der Waals surface area contributed by atoms with Crippen molar-refractivity contribution in [1.29, 1.82) is 0 Å². The van der Waals surface area contributed by atoms with Crippen LogP contribution in [-0.2, 0) is 13.1 Å². The molecule has 0 saturated carbocycles. The van der Waals surface area contributed by atoms with Crippen molar-refractivity contribution in [3.63, 3.8) is 0 Å². The molecule has 0 bridgehead atoms. The van der Waals surface area contributed by atoms with E-state index in [0.29, 0.717) is 11.7 Å². The van der Waals surface area contributed by atoms with E-state index in [1.54, 1.807) is 6.07 Å². The second-order valence-electron chi connectivity index (χ2n) is 6.87. The van der Waals surface area contributed by atoms with E-state index < -0.39 is 0 Å². The highest BCUT2D eigenvalue weighted by molar-refractivity contribution is 5.27. The maximum absolute atomic E-state index is 9.97. The molecule has 1 fully saturated rings. The Morgan fingerprint density at radius 2 is 2.21 bits per heavy atom. The predicted molar refractivity (Wildman–Crippen MR) is 94.6 cm³/mol. The molecule has 3 heterocycles. The Kier molecular flexibility index (Phi) is 5.43. The summed E-state index contributed by atoms with van der Waals surface area (Å²) >= 11 is 0. The van der Waals surface area contributed by atoms with E-state index in [-0.39, 0.29) is 0 Å². The van der Waals surface area contributed by atoms with Crippen molar-refractivity contribution in [3.05, 3.63) is 53.6 Å². The lowest BCUT2D eigenvalue weighted by atomic mass is 10.1. The van der Waals surface area contributed by atoms with Gasteiger partial charge in [0.25, 0.3) is 0 Å². The molecule has 1 saturated heterocycles. The zero-order valence-electron chi connectivity index (χ0n) is 14.5. The summed E-state index contributed by atoms with van der Waals surface area (Å²) in [6.07, 6.45) is 4.95. The van der Waals surface area contributed by atoms with E-state index in [1.165, 1.54) is 12.0 Å². The number of nitrogens with zero attached hydrogens (tertiary/aromatic N) is 4. The molecule has 0 radical (unpaired) electrons. The molecule has 1 aliphatic heterocycles. The molecule has 3 rings (SSSR count). The zero-order chi connectivity index (χ0) is 16.9. The molecular weight excluding hydrogens is 300 g/mol. The lowest BCUT2D eigenvalue weighted by Crippen LogP contribution is -2.28. The van der Waals surface area contributed by atoms with Crippen LogP contribution in [0.5, 0.6) is 5.75 Å². The van der Waals surface area contributed by atoms with Crippen LogP contribution in [-0.4, -0.2) is 51.6 Å². The fourth-order valence-corrected chi connectivity index (χ4v) is 3.45. The molecule has 2 aromatic rings. The van der Waals surface area contributed by atoms with Crippen LogP contribution in [0.4, 0.5) is 0 Å². The van der Waals surface area contributed by atoms with Gasteiger partial charge in [-0.3, -0.25) is 14.9 Å². The third-order valence-electron chi connectivity index (χ3n) is 4.58. The zero-order valence-corrected chi connectivity index (χ0v) is 14.5.